The van der Waals surface area contributed by atoms with Crippen LogP contribution in [-0.4, -0.2) is 53.0 Å². The number of rotatable bonds is 12. The zero-order valence-electron chi connectivity index (χ0n) is 20.2. The van der Waals surface area contributed by atoms with E-state index in [-0.39, 0.29) is 18.8 Å². The van der Waals surface area contributed by atoms with Crippen molar-refractivity contribution < 1.29 is 24.3 Å². The summed E-state index contributed by atoms with van der Waals surface area (Å²) in [6, 6.07) is 14.0. The van der Waals surface area contributed by atoms with Gasteiger partial charge in [0.25, 0.3) is 0 Å². The third kappa shape index (κ3) is 8.86. The Morgan fingerprint density at radius 1 is 0.714 bits per heavy atom. The van der Waals surface area contributed by atoms with Crippen molar-refractivity contribution in [2.75, 3.05) is 0 Å². The summed E-state index contributed by atoms with van der Waals surface area (Å²) in [5.74, 6) is -3.14. The Kier molecular flexibility index (Phi) is 10.4. The van der Waals surface area contributed by atoms with Gasteiger partial charge < -0.3 is 26.8 Å². The third-order valence-corrected chi connectivity index (χ3v) is 5.47. The summed E-state index contributed by atoms with van der Waals surface area (Å²) in [6.07, 6.45) is 0.231. The van der Waals surface area contributed by atoms with Crippen LogP contribution in [0.3, 0.4) is 0 Å². The lowest BCUT2D eigenvalue weighted by molar-refractivity contribution is -0.142. The first-order chi connectivity index (χ1) is 16.6. The van der Waals surface area contributed by atoms with Crippen LogP contribution >= 0.6 is 0 Å². The molecule has 0 aromatic heterocycles. The third-order valence-electron chi connectivity index (χ3n) is 5.47. The van der Waals surface area contributed by atoms with Crippen LogP contribution in [0.2, 0.25) is 0 Å². The van der Waals surface area contributed by atoms with Crippen LogP contribution in [0.1, 0.15) is 31.9 Å². The zero-order valence-corrected chi connectivity index (χ0v) is 20.2. The lowest BCUT2D eigenvalue weighted by atomic mass is 10.00. The number of carboxylic acids is 1. The van der Waals surface area contributed by atoms with E-state index in [0.29, 0.717) is 0 Å². The molecule has 0 radical (unpaired) electrons. The maximum Gasteiger partial charge on any atom is 0.326 e. The minimum absolute atomic E-state index is 0.0903. The highest BCUT2D eigenvalue weighted by Crippen LogP contribution is 2.09. The van der Waals surface area contributed by atoms with Crippen LogP contribution in [-0.2, 0) is 32.0 Å². The fraction of sp³-hybridized carbons (Fsp3) is 0.385. The summed E-state index contributed by atoms with van der Waals surface area (Å²) in [6.45, 7) is 5.03. The highest BCUT2D eigenvalue weighted by molar-refractivity contribution is 5.94. The number of carboxylic acid groups (broad SMARTS) is 1. The van der Waals surface area contributed by atoms with Gasteiger partial charge in [-0.15, -0.1) is 0 Å². The highest BCUT2D eigenvalue weighted by atomic mass is 16.4. The highest BCUT2D eigenvalue weighted by Gasteiger charge is 2.31. The average Bonchev–Trinajstić information content (AvgIpc) is 2.82. The van der Waals surface area contributed by atoms with Crippen molar-refractivity contribution in [1.29, 1.82) is 0 Å². The molecule has 0 aliphatic rings. The molecule has 188 valence electrons. The smallest absolute Gasteiger partial charge is 0.326 e. The largest absolute Gasteiger partial charge is 0.480 e. The minimum Gasteiger partial charge on any atom is -0.480 e. The predicted octanol–water partition coefficient (Wildman–Crippen LogP) is 1.01. The fourth-order valence-electron chi connectivity index (χ4n) is 3.46. The molecule has 6 N–H and O–H groups in total. The molecule has 0 spiro atoms. The normalized spacial score (nSPS) is 14.3. The van der Waals surface area contributed by atoms with Gasteiger partial charge in [-0.1, -0.05) is 74.5 Å². The number of carbonyl (C=O) groups excluding carboxylic acids is 3. The molecule has 0 heterocycles. The van der Waals surface area contributed by atoms with E-state index < -0.39 is 47.9 Å². The summed E-state index contributed by atoms with van der Waals surface area (Å²) in [5, 5.41) is 17.6. The number of benzene rings is 2. The van der Waals surface area contributed by atoms with E-state index in [4.69, 9.17) is 5.73 Å². The first-order valence-corrected chi connectivity index (χ1v) is 11.6. The molecule has 0 aliphatic heterocycles. The van der Waals surface area contributed by atoms with Crippen LogP contribution in [0.5, 0.6) is 0 Å². The minimum atomic E-state index is -1.18. The second kappa shape index (κ2) is 13.2. The zero-order chi connectivity index (χ0) is 26.0. The van der Waals surface area contributed by atoms with Crippen molar-refractivity contribution >= 4 is 23.7 Å². The molecule has 2 rings (SSSR count). The Hall–Kier alpha value is -3.72. The van der Waals surface area contributed by atoms with E-state index in [1.807, 2.05) is 24.3 Å². The molecule has 35 heavy (non-hydrogen) atoms. The number of hydrogen-bond donors (Lipinski definition) is 5. The van der Waals surface area contributed by atoms with Gasteiger partial charge in [-0.05, 0) is 24.0 Å². The molecule has 0 fully saturated rings. The van der Waals surface area contributed by atoms with Gasteiger partial charge in [0, 0.05) is 12.8 Å². The monoisotopic (exact) mass is 482 g/mol. The van der Waals surface area contributed by atoms with Crippen LogP contribution in [0.25, 0.3) is 0 Å². The molecular formula is C26H34N4O5. The van der Waals surface area contributed by atoms with Crippen molar-refractivity contribution in [3.63, 3.8) is 0 Å². The Bertz CT molecular complexity index is 995. The molecule has 0 saturated heterocycles. The lowest BCUT2D eigenvalue weighted by Crippen LogP contribution is -2.58. The van der Waals surface area contributed by atoms with E-state index in [2.05, 4.69) is 16.0 Å². The maximum atomic E-state index is 13.2. The number of nitrogens with two attached hydrogens (primary N) is 1. The second-order valence-corrected chi connectivity index (χ2v) is 8.86. The van der Waals surface area contributed by atoms with E-state index in [1.165, 1.54) is 6.92 Å². The first kappa shape index (κ1) is 27.5. The molecule has 9 heteroatoms. The van der Waals surface area contributed by atoms with E-state index in [0.717, 1.165) is 11.1 Å². The van der Waals surface area contributed by atoms with Crippen LogP contribution in [0, 0.1) is 5.92 Å². The van der Waals surface area contributed by atoms with Gasteiger partial charge in [-0.25, -0.2) is 4.79 Å². The van der Waals surface area contributed by atoms with Crippen molar-refractivity contribution in [1.82, 2.24) is 16.0 Å². The van der Waals surface area contributed by atoms with Gasteiger partial charge in [0.1, 0.15) is 18.1 Å². The fourth-order valence-corrected chi connectivity index (χ4v) is 3.46. The average molecular weight is 483 g/mol. The van der Waals surface area contributed by atoms with Crippen LogP contribution < -0.4 is 21.7 Å². The molecule has 3 amide bonds. The van der Waals surface area contributed by atoms with Gasteiger partial charge in [0.2, 0.25) is 17.7 Å². The summed E-state index contributed by atoms with van der Waals surface area (Å²) in [5.41, 5.74) is 7.15. The van der Waals surface area contributed by atoms with Gasteiger partial charge in [-0.2, -0.15) is 0 Å². The van der Waals surface area contributed by atoms with Gasteiger partial charge >= 0.3 is 5.97 Å². The molecule has 4 atom stereocenters. The van der Waals surface area contributed by atoms with Crippen molar-refractivity contribution in [2.24, 2.45) is 11.7 Å². The molecular weight excluding hydrogens is 448 g/mol. The first-order valence-electron chi connectivity index (χ1n) is 11.6. The molecule has 2 aromatic rings. The predicted molar refractivity (Wildman–Crippen MR) is 132 cm³/mol. The molecule has 4 unspecified atom stereocenters. The van der Waals surface area contributed by atoms with Crippen molar-refractivity contribution in [3.05, 3.63) is 71.8 Å². The van der Waals surface area contributed by atoms with Crippen molar-refractivity contribution in [3.8, 4) is 0 Å². The Balaban J connectivity index is 2.23. The van der Waals surface area contributed by atoms with Crippen molar-refractivity contribution in [2.45, 2.75) is 57.8 Å². The van der Waals surface area contributed by atoms with E-state index >= 15 is 0 Å². The summed E-state index contributed by atoms with van der Waals surface area (Å²) < 4.78 is 0. The van der Waals surface area contributed by atoms with Gasteiger partial charge in [0.15, 0.2) is 0 Å². The van der Waals surface area contributed by atoms with Crippen LogP contribution in [0.4, 0.5) is 0 Å². The molecule has 0 aliphatic carbocycles. The van der Waals surface area contributed by atoms with E-state index in [9.17, 15) is 24.3 Å². The standard InChI is InChI=1S/C26H34N4O5/c1-16(2)22(30-23(31)17(3)27)25(33)28-20(14-18-10-6-4-7-11-18)24(32)29-21(26(34)35)15-19-12-8-5-9-13-19/h4-13,16-17,20-22H,14-15,27H2,1-3H3,(H,28,33)(H,29,32)(H,30,31)(H,34,35). The summed E-state index contributed by atoms with van der Waals surface area (Å²) in [4.78, 5) is 50.3. The molecule has 9 nitrogen and oxygen atoms in total. The lowest BCUT2D eigenvalue weighted by Gasteiger charge is -2.26. The SMILES string of the molecule is CC(N)C(=O)NC(C(=O)NC(Cc1ccccc1)C(=O)NC(Cc1ccccc1)C(=O)O)C(C)C. The Labute approximate surface area is 205 Å². The number of nitrogens with one attached hydrogen (secondary N) is 3. The molecule has 2 aromatic carbocycles. The Morgan fingerprint density at radius 2 is 1.17 bits per heavy atom. The number of carbonyl (C=O) groups is 4. The van der Waals surface area contributed by atoms with Crippen LogP contribution in [0.15, 0.2) is 60.7 Å². The van der Waals surface area contributed by atoms with Gasteiger partial charge in [-0.3, -0.25) is 14.4 Å². The number of aliphatic carboxylic acids is 1. The Morgan fingerprint density at radius 3 is 1.60 bits per heavy atom. The number of hydrogen-bond acceptors (Lipinski definition) is 5. The molecule has 0 bridgehead atoms. The number of amides is 3. The van der Waals surface area contributed by atoms with E-state index in [1.54, 1.807) is 50.2 Å². The summed E-state index contributed by atoms with van der Waals surface area (Å²) >= 11 is 0. The maximum absolute atomic E-state index is 13.2. The molecule has 0 saturated carbocycles. The summed E-state index contributed by atoms with van der Waals surface area (Å²) in [7, 11) is 0. The van der Waals surface area contributed by atoms with Gasteiger partial charge in [0.05, 0.1) is 6.04 Å². The quantitative estimate of drug-likeness (QED) is 0.305. The second-order valence-electron chi connectivity index (χ2n) is 8.86. The topological polar surface area (TPSA) is 151 Å².